The van der Waals surface area contributed by atoms with Crippen molar-refractivity contribution in [3.05, 3.63) is 12.2 Å². The minimum Gasteiger partial charge on any atom is -0.463 e. The summed E-state index contributed by atoms with van der Waals surface area (Å²) >= 11 is 0. The van der Waals surface area contributed by atoms with Crippen LogP contribution >= 0.6 is 0 Å². The topological polar surface area (TPSA) is 26.3 Å². The third-order valence-corrected chi connectivity index (χ3v) is 1.01. The van der Waals surface area contributed by atoms with E-state index in [4.69, 9.17) is 4.74 Å². The fourth-order valence-corrected chi connectivity index (χ4v) is 0.508. The molecule has 0 unspecified atom stereocenters. The van der Waals surface area contributed by atoms with Crippen molar-refractivity contribution >= 4 is 5.97 Å². The molecule has 0 rings (SSSR count). The molecular formula is C9H16O2. The van der Waals surface area contributed by atoms with Crippen LogP contribution in [0.3, 0.4) is 0 Å². The zero-order valence-electron chi connectivity index (χ0n) is 7.68. The lowest BCUT2D eigenvalue weighted by atomic mass is 9.96. The van der Waals surface area contributed by atoms with E-state index in [9.17, 15) is 4.79 Å². The second-order valence-corrected chi connectivity index (χ2v) is 3.45. The summed E-state index contributed by atoms with van der Waals surface area (Å²) in [6, 6.07) is 0. The maximum Gasteiger partial charge on any atom is 0.330 e. The molecule has 0 saturated carbocycles. The Kier molecular flexibility index (Phi) is 3.86. The van der Waals surface area contributed by atoms with Gasteiger partial charge in [0.25, 0.3) is 0 Å². The van der Waals surface area contributed by atoms with E-state index in [0.717, 1.165) is 0 Å². The number of carbonyl (C=O) groups is 1. The van der Waals surface area contributed by atoms with Crippen LogP contribution in [0.1, 0.15) is 27.7 Å². The number of carbonyl (C=O) groups excluding carboxylic acids is 1. The average molecular weight is 156 g/mol. The van der Waals surface area contributed by atoms with E-state index in [1.54, 1.807) is 6.92 Å². The van der Waals surface area contributed by atoms with E-state index in [-0.39, 0.29) is 11.4 Å². The van der Waals surface area contributed by atoms with Crippen molar-refractivity contribution in [1.82, 2.24) is 0 Å². The Morgan fingerprint density at radius 2 is 2.00 bits per heavy atom. The molecule has 0 aliphatic carbocycles. The lowest BCUT2D eigenvalue weighted by Crippen LogP contribution is -2.04. The monoisotopic (exact) mass is 156 g/mol. The zero-order chi connectivity index (χ0) is 8.91. The van der Waals surface area contributed by atoms with Gasteiger partial charge in [-0.3, -0.25) is 0 Å². The summed E-state index contributed by atoms with van der Waals surface area (Å²) in [4.78, 5) is 10.8. The van der Waals surface area contributed by atoms with Gasteiger partial charge in [0.2, 0.25) is 0 Å². The SMILES string of the molecule is CCOC(=O)/C=C/C(C)(C)C. The van der Waals surface area contributed by atoms with Gasteiger partial charge in [0.1, 0.15) is 0 Å². The average Bonchev–Trinajstić information content (AvgIpc) is 1.83. The summed E-state index contributed by atoms with van der Waals surface area (Å²) in [6.07, 6.45) is 3.31. The van der Waals surface area contributed by atoms with Gasteiger partial charge in [-0.05, 0) is 12.3 Å². The molecule has 0 amide bonds. The molecule has 0 saturated heterocycles. The summed E-state index contributed by atoms with van der Waals surface area (Å²) in [5, 5.41) is 0. The maximum atomic E-state index is 10.8. The first-order valence-electron chi connectivity index (χ1n) is 3.81. The van der Waals surface area contributed by atoms with Crippen LogP contribution in [0, 0.1) is 5.41 Å². The number of ether oxygens (including phenoxy) is 1. The van der Waals surface area contributed by atoms with Crippen LogP contribution in [0.4, 0.5) is 0 Å². The first-order valence-corrected chi connectivity index (χ1v) is 3.81. The van der Waals surface area contributed by atoms with E-state index >= 15 is 0 Å². The Morgan fingerprint density at radius 1 is 1.45 bits per heavy atom. The molecule has 0 fully saturated rings. The summed E-state index contributed by atoms with van der Waals surface area (Å²) < 4.78 is 4.71. The molecule has 0 bridgehead atoms. The third kappa shape index (κ3) is 7.10. The van der Waals surface area contributed by atoms with Crippen molar-refractivity contribution < 1.29 is 9.53 Å². The normalized spacial score (nSPS) is 12.0. The highest BCUT2D eigenvalue weighted by Gasteiger charge is 2.05. The largest absolute Gasteiger partial charge is 0.463 e. The molecule has 2 nitrogen and oxygen atoms in total. The van der Waals surface area contributed by atoms with Crippen LogP contribution in [0.2, 0.25) is 0 Å². The minimum atomic E-state index is -0.262. The van der Waals surface area contributed by atoms with Crippen molar-refractivity contribution in [1.29, 1.82) is 0 Å². The smallest absolute Gasteiger partial charge is 0.330 e. The van der Waals surface area contributed by atoms with E-state index in [1.807, 2.05) is 26.8 Å². The fraction of sp³-hybridized carbons (Fsp3) is 0.667. The first kappa shape index (κ1) is 10.2. The summed E-state index contributed by atoms with van der Waals surface area (Å²) in [6.45, 7) is 8.32. The molecule has 64 valence electrons. The zero-order valence-corrected chi connectivity index (χ0v) is 7.68. The molecular weight excluding hydrogens is 140 g/mol. The number of allylic oxidation sites excluding steroid dienone is 1. The highest BCUT2D eigenvalue weighted by Crippen LogP contribution is 2.14. The molecule has 0 N–H and O–H groups in total. The van der Waals surface area contributed by atoms with Crippen LogP contribution < -0.4 is 0 Å². The van der Waals surface area contributed by atoms with Crippen molar-refractivity contribution in [3.8, 4) is 0 Å². The predicted molar refractivity (Wildman–Crippen MR) is 45.2 cm³/mol. The van der Waals surface area contributed by atoms with E-state index in [2.05, 4.69) is 0 Å². The molecule has 0 radical (unpaired) electrons. The number of hydrogen-bond acceptors (Lipinski definition) is 2. The lowest BCUT2D eigenvalue weighted by Gasteiger charge is -2.10. The Morgan fingerprint density at radius 3 is 2.36 bits per heavy atom. The highest BCUT2D eigenvalue weighted by molar-refractivity contribution is 5.81. The van der Waals surface area contributed by atoms with Gasteiger partial charge in [-0.1, -0.05) is 26.8 Å². The Hall–Kier alpha value is -0.790. The molecule has 0 aromatic carbocycles. The molecule has 0 aromatic rings. The van der Waals surface area contributed by atoms with Crippen LogP contribution in [-0.2, 0) is 9.53 Å². The molecule has 0 aliphatic rings. The van der Waals surface area contributed by atoms with E-state index in [1.165, 1.54) is 6.08 Å². The quantitative estimate of drug-likeness (QED) is 0.452. The second kappa shape index (κ2) is 4.16. The van der Waals surface area contributed by atoms with Gasteiger partial charge in [0, 0.05) is 6.08 Å². The Labute approximate surface area is 68.2 Å². The van der Waals surface area contributed by atoms with Crippen molar-refractivity contribution in [3.63, 3.8) is 0 Å². The van der Waals surface area contributed by atoms with Crippen LogP contribution in [0.5, 0.6) is 0 Å². The number of esters is 1. The molecule has 11 heavy (non-hydrogen) atoms. The molecule has 0 heterocycles. The molecule has 0 atom stereocenters. The van der Waals surface area contributed by atoms with Crippen molar-refractivity contribution in [2.75, 3.05) is 6.61 Å². The van der Waals surface area contributed by atoms with Crippen LogP contribution in [0.15, 0.2) is 12.2 Å². The summed E-state index contributed by atoms with van der Waals surface area (Å²) in [5.74, 6) is -0.262. The van der Waals surface area contributed by atoms with Gasteiger partial charge in [-0.25, -0.2) is 4.79 Å². The van der Waals surface area contributed by atoms with Crippen LogP contribution in [-0.4, -0.2) is 12.6 Å². The predicted octanol–water partition coefficient (Wildman–Crippen LogP) is 2.15. The highest BCUT2D eigenvalue weighted by atomic mass is 16.5. The van der Waals surface area contributed by atoms with Gasteiger partial charge >= 0.3 is 5.97 Å². The Balaban J connectivity index is 3.83. The second-order valence-electron chi connectivity index (χ2n) is 3.45. The standard InChI is InChI=1S/C9H16O2/c1-5-11-8(10)6-7-9(2,3)4/h6-7H,5H2,1-4H3/b7-6+. The Bertz CT molecular complexity index is 151. The number of hydrogen-bond donors (Lipinski definition) is 0. The molecule has 0 aromatic heterocycles. The maximum absolute atomic E-state index is 10.8. The van der Waals surface area contributed by atoms with Gasteiger partial charge in [0.15, 0.2) is 0 Å². The lowest BCUT2D eigenvalue weighted by molar-refractivity contribution is -0.137. The number of rotatable bonds is 2. The van der Waals surface area contributed by atoms with Gasteiger partial charge < -0.3 is 4.74 Å². The first-order chi connectivity index (χ1) is 4.95. The van der Waals surface area contributed by atoms with Crippen molar-refractivity contribution in [2.45, 2.75) is 27.7 Å². The van der Waals surface area contributed by atoms with Crippen LogP contribution in [0.25, 0.3) is 0 Å². The third-order valence-electron chi connectivity index (χ3n) is 1.01. The molecule has 0 spiro atoms. The molecule has 2 heteroatoms. The van der Waals surface area contributed by atoms with Gasteiger partial charge in [-0.15, -0.1) is 0 Å². The van der Waals surface area contributed by atoms with E-state index in [0.29, 0.717) is 6.61 Å². The van der Waals surface area contributed by atoms with E-state index < -0.39 is 0 Å². The van der Waals surface area contributed by atoms with Gasteiger partial charge in [0.05, 0.1) is 6.61 Å². The molecule has 0 aliphatic heterocycles. The minimum absolute atomic E-state index is 0.0484. The van der Waals surface area contributed by atoms with Crippen molar-refractivity contribution in [2.24, 2.45) is 5.41 Å². The fourth-order valence-electron chi connectivity index (χ4n) is 0.508. The summed E-state index contributed by atoms with van der Waals surface area (Å²) in [7, 11) is 0. The summed E-state index contributed by atoms with van der Waals surface area (Å²) in [5.41, 5.74) is 0.0484. The van der Waals surface area contributed by atoms with Gasteiger partial charge in [-0.2, -0.15) is 0 Å².